The molecule has 0 aliphatic carbocycles. The molecule has 0 bridgehead atoms. The van der Waals surface area contributed by atoms with E-state index in [0.717, 1.165) is 55.6 Å². The Kier molecular flexibility index (Phi) is 25.9. The van der Waals surface area contributed by atoms with Gasteiger partial charge in [-0.05, 0) is 125 Å². The van der Waals surface area contributed by atoms with Crippen LogP contribution < -0.4 is 0 Å². The minimum Gasteiger partial charge on any atom is -0.451 e. The van der Waals surface area contributed by atoms with Crippen LogP contribution in [0.3, 0.4) is 0 Å². The summed E-state index contributed by atoms with van der Waals surface area (Å²) < 4.78 is 57.0. The molecule has 8 atom stereocenters. The molecule has 0 N–H and O–H groups in total. The Morgan fingerprint density at radius 1 is 0.489 bits per heavy atom. The first-order valence-electron chi connectivity index (χ1n) is 32.3. The molecule has 4 aromatic rings. The van der Waals surface area contributed by atoms with Crippen LogP contribution in [0.15, 0.2) is 65.8 Å². The molecule has 2 aromatic heterocycles. The molecule has 2 aliphatic rings. The molecular formula is C68H99N9O14S. The van der Waals surface area contributed by atoms with Crippen molar-refractivity contribution in [3.05, 3.63) is 100 Å². The largest absolute Gasteiger partial charge is 0.451 e. The number of carbonyl (C=O) groups is 8. The van der Waals surface area contributed by atoms with Gasteiger partial charge in [0.05, 0.1) is 30.7 Å². The summed E-state index contributed by atoms with van der Waals surface area (Å²) in [6.07, 6.45) is -0.149. The van der Waals surface area contributed by atoms with E-state index < -0.39 is 106 Å². The number of benzene rings is 2. The third-order valence-electron chi connectivity index (χ3n) is 17.0. The number of ether oxygens (including phenoxy) is 4. The van der Waals surface area contributed by atoms with Crippen LogP contribution in [0.5, 0.6) is 0 Å². The third kappa shape index (κ3) is 19.1. The number of rotatable bonds is 18. The van der Waals surface area contributed by atoms with Crippen LogP contribution in [-0.2, 0) is 93.3 Å². The number of aryl methyl sites for hydroxylation is 2. The first-order valence-corrected chi connectivity index (χ1v) is 33.7. The number of esters is 4. The Hall–Kier alpha value is -7.47. The zero-order chi connectivity index (χ0) is 68.2. The Morgan fingerprint density at radius 3 is 1.20 bits per heavy atom. The highest BCUT2D eigenvalue weighted by Gasteiger charge is 2.43. The van der Waals surface area contributed by atoms with Crippen LogP contribution in [0.2, 0.25) is 0 Å². The first kappa shape index (κ1) is 73.6. The fourth-order valence-corrected chi connectivity index (χ4v) is 13.7. The number of aromatic nitrogens is 4. The van der Waals surface area contributed by atoms with E-state index in [2.05, 4.69) is 10.2 Å². The van der Waals surface area contributed by atoms with Gasteiger partial charge >= 0.3 is 23.9 Å². The van der Waals surface area contributed by atoms with E-state index >= 15 is 9.59 Å². The van der Waals surface area contributed by atoms with Crippen molar-refractivity contribution in [3.63, 3.8) is 0 Å². The summed E-state index contributed by atoms with van der Waals surface area (Å²) in [6, 6.07) is 9.11. The van der Waals surface area contributed by atoms with Gasteiger partial charge in [-0.1, -0.05) is 110 Å². The fourth-order valence-electron chi connectivity index (χ4n) is 11.8. The zero-order valence-corrected chi connectivity index (χ0v) is 57.9. The van der Waals surface area contributed by atoms with E-state index in [1.807, 2.05) is 80.6 Å². The summed E-state index contributed by atoms with van der Waals surface area (Å²) in [5.74, 6) is -7.78. The maximum atomic E-state index is 15.2. The van der Waals surface area contributed by atoms with E-state index in [1.54, 1.807) is 65.8 Å². The predicted molar refractivity (Wildman–Crippen MR) is 345 cm³/mol. The smallest absolute Gasteiger partial charge is 0.329 e. The number of sulfonamides is 1. The van der Waals surface area contributed by atoms with Crippen molar-refractivity contribution in [2.24, 2.45) is 23.7 Å². The average molecular weight is 1300 g/mol. The lowest BCUT2D eigenvalue weighted by Gasteiger charge is -2.35. The van der Waals surface area contributed by atoms with Crippen molar-refractivity contribution in [1.29, 1.82) is 0 Å². The van der Waals surface area contributed by atoms with Gasteiger partial charge in [0.15, 0.2) is 24.4 Å². The van der Waals surface area contributed by atoms with Gasteiger partial charge in [0.2, 0.25) is 10.0 Å². The normalized spacial score (nSPS) is 23.2. The van der Waals surface area contributed by atoms with Crippen LogP contribution in [0.4, 0.5) is 0 Å². The van der Waals surface area contributed by atoms with Crippen LogP contribution in [-0.4, -0.2) is 189 Å². The highest BCUT2D eigenvalue weighted by Crippen LogP contribution is 2.29. The van der Waals surface area contributed by atoms with Gasteiger partial charge in [-0.3, -0.25) is 28.5 Å². The number of likely N-dealkylation sites (N-methyl/N-ethyl adjacent to an activating group) is 4. The van der Waals surface area contributed by atoms with E-state index in [9.17, 15) is 37.2 Å². The molecule has 2 aromatic carbocycles. The summed E-state index contributed by atoms with van der Waals surface area (Å²) in [4.78, 5) is 123. The Labute approximate surface area is 543 Å². The zero-order valence-electron chi connectivity index (χ0n) is 57.0. The van der Waals surface area contributed by atoms with E-state index in [4.69, 9.17) is 18.9 Å². The van der Waals surface area contributed by atoms with Gasteiger partial charge in [0, 0.05) is 60.3 Å². The summed E-state index contributed by atoms with van der Waals surface area (Å²) in [5, 5.41) is 9.01. The minimum absolute atomic E-state index is 0.0430. The van der Waals surface area contributed by atoms with Crippen molar-refractivity contribution < 1.29 is 65.7 Å². The van der Waals surface area contributed by atoms with Crippen molar-refractivity contribution in [1.82, 2.24) is 43.5 Å². The maximum absolute atomic E-state index is 15.2. The minimum atomic E-state index is -3.78. The van der Waals surface area contributed by atoms with E-state index in [-0.39, 0.29) is 73.6 Å². The quantitative estimate of drug-likeness (QED) is 0.0701. The Balaban J connectivity index is 1.38. The summed E-state index contributed by atoms with van der Waals surface area (Å²) >= 11 is 0. The second-order valence-electron chi connectivity index (χ2n) is 26.8. The summed E-state index contributed by atoms with van der Waals surface area (Å²) in [7, 11) is 1.73. The van der Waals surface area contributed by atoms with E-state index in [1.165, 1.54) is 46.3 Å². The average Bonchev–Trinajstić information content (AvgIpc) is 1.61. The Bertz CT molecular complexity index is 3320. The van der Waals surface area contributed by atoms with Gasteiger partial charge < -0.3 is 38.5 Å². The fraction of sp³-hybridized carbons (Fsp3) is 0.618. The number of nitrogens with zero attached hydrogens (tertiary/aromatic N) is 9. The number of carbonyl (C=O) groups excluding carboxylic acids is 8. The molecule has 0 saturated carbocycles. The number of cyclic esters (lactones) is 4. The predicted octanol–water partition coefficient (Wildman–Crippen LogP) is 7.25. The molecule has 92 heavy (non-hydrogen) atoms. The van der Waals surface area contributed by atoms with Gasteiger partial charge in [0.25, 0.3) is 23.6 Å². The van der Waals surface area contributed by atoms with Crippen molar-refractivity contribution in [2.75, 3.05) is 41.3 Å². The second-order valence-corrected chi connectivity index (χ2v) is 28.6. The molecular weight excluding hydrogens is 1200 g/mol. The molecule has 0 spiro atoms. The van der Waals surface area contributed by atoms with Crippen LogP contribution in [0.25, 0.3) is 0 Å². The third-order valence-corrected chi connectivity index (χ3v) is 19.2. The van der Waals surface area contributed by atoms with Crippen molar-refractivity contribution >= 4 is 57.5 Å². The van der Waals surface area contributed by atoms with Gasteiger partial charge in [-0.15, -0.1) is 0 Å². The maximum Gasteiger partial charge on any atom is 0.329 e. The number of amides is 4. The topological polar surface area (TPSA) is 259 Å². The molecule has 2 saturated heterocycles. The standard InChI is InChI=1S/C68H99N9O14S/c1-41(2)31-54-65(82)88-49(13)62(79)72(15)57(34-44(7)8)68(85)91-59(36-51-23-27-53(28-24-51)40-77-47(11)60(46(10)70-77)92(86,87)76-29-19-18-20-30-76)64(81)74(17)55(32-42(3)4)66(83)89-48(12)61(78)71(14)56(33-43(5)6)67(84)90-58(63(80)73(54)16)35-50-21-25-52(26-22-50)39-75-38-45(9)37-69-75/h21-28,37-38,41-44,48-49,54-59H,18-20,29-36,39-40H2,1-17H3/t48-,49-,54+,55+,56+,57+,58-,59-/m1/s1. The lowest BCUT2D eigenvalue weighted by molar-refractivity contribution is -0.176. The van der Waals surface area contributed by atoms with Crippen molar-refractivity contribution in [2.45, 2.75) is 214 Å². The van der Waals surface area contributed by atoms with Gasteiger partial charge in [-0.25, -0.2) is 27.6 Å². The molecule has 2 aliphatic heterocycles. The Morgan fingerprint density at radius 2 is 0.837 bits per heavy atom. The first-order chi connectivity index (χ1) is 43.2. The van der Waals surface area contributed by atoms with Crippen LogP contribution >= 0.6 is 0 Å². The molecule has 4 amide bonds. The molecule has 2 fully saturated rings. The highest BCUT2D eigenvalue weighted by atomic mass is 32.2. The van der Waals surface area contributed by atoms with Crippen LogP contribution in [0.1, 0.15) is 153 Å². The van der Waals surface area contributed by atoms with Crippen molar-refractivity contribution in [3.8, 4) is 0 Å². The molecule has 4 heterocycles. The number of piperidine rings is 1. The molecule has 6 rings (SSSR count). The number of hydrogen-bond donors (Lipinski definition) is 0. The molecule has 0 unspecified atom stereocenters. The number of hydrogen-bond acceptors (Lipinski definition) is 16. The molecule has 23 nitrogen and oxygen atoms in total. The molecule has 506 valence electrons. The van der Waals surface area contributed by atoms with Gasteiger partial charge in [-0.2, -0.15) is 14.5 Å². The second kappa shape index (κ2) is 32.4. The molecule has 0 radical (unpaired) electrons. The van der Waals surface area contributed by atoms with Gasteiger partial charge in [0.1, 0.15) is 29.1 Å². The SMILES string of the molecule is Cc1cnn(Cc2ccc(C[C@H]3OC(=O)[C@H](CC(C)C)N(C)C(=O)[C@@H](C)OC(=O)[C@H](CC(C)C)N(C)C(=O)[C@@H](Cc4ccc(Cn5nc(C)c(S(=O)(=O)N6CCCCC6)c5C)cc4)OC(=O)[C@H](CC(C)C)N(C)C(=O)[C@@H](C)OC(=O)[C@H](CC(C)C)N(C)C3=O)cc2)c1. The molecule has 24 heteroatoms. The summed E-state index contributed by atoms with van der Waals surface area (Å²) in [6.45, 7) is 24.3. The monoisotopic (exact) mass is 1300 g/mol. The van der Waals surface area contributed by atoms with E-state index in [0.29, 0.717) is 42.1 Å². The lowest BCUT2D eigenvalue weighted by atomic mass is 9.99. The highest BCUT2D eigenvalue weighted by molar-refractivity contribution is 7.89. The lowest BCUT2D eigenvalue weighted by Crippen LogP contribution is -2.55. The van der Waals surface area contributed by atoms with Crippen LogP contribution in [0, 0.1) is 44.4 Å². The summed E-state index contributed by atoms with van der Waals surface area (Å²) in [5.41, 5.74) is 4.67.